The van der Waals surface area contributed by atoms with Crippen molar-refractivity contribution in [2.75, 3.05) is 11.4 Å². The van der Waals surface area contributed by atoms with E-state index in [0.717, 1.165) is 16.3 Å². The number of amides is 1. The molecule has 0 radical (unpaired) electrons. The summed E-state index contributed by atoms with van der Waals surface area (Å²) in [6.45, 7) is 0.378. The number of carbonyl (C=O) groups is 1. The van der Waals surface area contributed by atoms with E-state index in [1.807, 2.05) is 42.5 Å². The van der Waals surface area contributed by atoms with E-state index in [1.165, 1.54) is 11.4 Å². The maximum atomic E-state index is 12.9. The van der Waals surface area contributed by atoms with Gasteiger partial charge in [0.1, 0.15) is 0 Å². The summed E-state index contributed by atoms with van der Waals surface area (Å²) in [6, 6.07) is 28.8. The summed E-state index contributed by atoms with van der Waals surface area (Å²) in [5.74, 6) is -0.264. The van der Waals surface area contributed by atoms with E-state index in [9.17, 15) is 13.2 Å². The van der Waals surface area contributed by atoms with Crippen LogP contribution in [0.15, 0.2) is 102 Å². The largest absolute Gasteiger partial charge is 0.348 e. The molecule has 4 rings (SSSR count). The van der Waals surface area contributed by atoms with Crippen LogP contribution in [0, 0.1) is 0 Å². The topological polar surface area (TPSA) is 66.5 Å². The van der Waals surface area contributed by atoms with Gasteiger partial charge in [0.05, 0.1) is 10.6 Å². The highest BCUT2D eigenvalue weighted by Gasteiger charge is 2.21. The smallest absolute Gasteiger partial charge is 0.264 e. The quantitative estimate of drug-likeness (QED) is 0.486. The molecule has 0 heterocycles. The summed E-state index contributed by atoms with van der Waals surface area (Å²) in [5.41, 5.74) is 1.83. The van der Waals surface area contributed by atoms with Gasteiger partial charge in [-0.25, -0.2) is 8.42 Å². The number of hydrogen-bond acceptors (Lipinski definition) is 3. The van der Waals surface area contributed by atoms with Crippen molar-refractivity contribution in [3.8, 4) is 0 Å². The molecule has 0 bridgehead atoms. The summed E-state index contributed by atoms with van der Waals surface area (Å²) in [7, 11) is -2.23. The average Bonchev–Trinajstić information content (AvgIpc) is 2.82. The number of carbonyl (C=O) groups excluding carboxylic acids is 1. The third-order valence-corrected chi connectivity index (χ3v) is 6.99. The molecular formula is C25H22N2O3S. The fourth-order valence-corrected chi connectivity index (χ4v) is 4.66. The molecule has 0 spiro atoms. The zero-order valence-corrected chi connectivity index (χ0v) is 17.8. The minimum absolute atomic E-state index is 0.198. The van der Waals surface area contributed by atoms with Crippen LogP contribution in [-0.2, 0) is 16.6 Å². The van der Waals surface area contributed by atoms with Crippen molar-refractivity contribution in [3.63, 3.8) is 0 Å². The molecule has 0 aliphatic carbocycles. The third-order valence-electron chi connectivity index (χ3n) is 5.19. The lowest BCUT2D eigenvalue weighted by molar-refractivity contribution is 0.0951. The molecule has 4 aromatic rings. The standard InChI is InChI=1S/C25H22N2O3S/c1-27(31(29,30)23-14-3-2-4-15-23)22-13-8-11-20(17-22)25(28)26-18-21-12-7-10-19-9-5-6-16-24(19)21/h2-17H,18H2,1H3,(H,26,28). The summed E-state index contributed by atoms with van der Waals surface area (Å²) >= 11 is 0. The van der Waals surface area contributed by atoms with Crippen LogP contribution >= 0.6 is 0 Å². The first-order chi connectivity index (χ1) is 15.0. The van der Waals surface area contributed by atoms with Crippen LogP contribution in [0.5, 0.6) is 0 Å². The summed E-state index contributed by atoms with van der Waals surface area (Å²) in [6.07, 6.45) is 0. The van der Waals surface area contributed by atoms with Gasteiger partial charge in [-0.3, -0.25) is 9.10 Å². The van der Waals surface area contributed by atoms with Crippen LogP contribution in [0.2, 0.25) is 0 Å². The van der Waals surface area contributed by atoms with Gasteiger partial charge >= 0.3 is 0 Å². The van der Waals surface area contributed by atoms with Crippen LogP contribution in [-0.4, -0.2) is 21.4 Å². The number of fused-ring (bicyclic) bond motifs is 1. The van der Waals surface area contributed by atoms with Crippen molar-refractivity contribution < 1.29 is 13.2 Å². The molecule has 0 unspecified atom stereocenters. The summed E-state index contributed by atoms with van der Waals surface area (Å²) in [5, 5.41) is 5.14. The SMILES string of the molecule is CN(c1cccc(C(=O)NCc2cccc3ccccc23)c1)S(=O)(=O)c1ccccc1. The Balaban J connectivity index is 1.53. The molecular weight excluding hydrogens is 408 g/mol. The fraction of sp³-hybridized carbons (Fsp3) is 0.0800. The third kappa shape index (κ3) is 4.29. The Morgan fingerprint density at radius 2 is 1.52 bits per heavy atom. The van der Waals surface area contributed by atoms with Crippen molar-refractivity contribution in [3.05, 3.63) is 108 Å². The van der Waals surface area contributed by atoms with Crippen molar-refractivity contribution in [2.24, 2.45) is 0 Å². The van der Waals surface area contributed by atoms with E-state index < -0.39 is 10.0 Å². The number of anilines is 1. The number of sulfonamides is 1. The molecule has 0 fully saturated rings. The first kappa shape index (κ1) is 20.6. The molecule has 156 valence electrons. The highest BCUT2D eigenvalue weighted by Crippen LogP contribution is 2.23. The van der Waals surface area contributed by atoms with Crippen molar-refractivity contribution in [2.45, 2.75) is 11.4 Å². The van der Waals surface area contributed by atoms with Crippen molar-refractivity contribution in [1.29, 1.82) is 0 Å². The van der Waals surface area contributed by atoms with Gasteiger partial charge in [0.15, 0.2) is 0 Å². The molecule has 0 aliphatic rings. The predicted octanol–water partition coefficient (Wildman–Crippen LogP) is 4.59. The molecule has 0 aliphatic heterocycles. The van der Waals surface area contributed by atoms with Gasteiger partial charge in [0.2, 0.25) is 0 Å². The molecule has 0 saturated carbocycles. The normalized spacial score (nSPS) is 11.3. The lowest BCUT2D eigenvalue weighted by atomic mass is 10.0. The van der Waals surface area contributed by atoms with Crippen LogP contribution in [0.25, 0.3) is 10.8 Å². The van der Waals surface area contributed by atoms with E-state index >= 15 is 0 Å². The Kier molecular flexibility index (Phi) is 5.73. The van der Waals surface area contributed by atoms with E-state index in [1.54, 1.807) is 54.6 Å². The first-order valence-electron chi connectivity index (χ1n) is 9.86. The molecule has 31 heavy (non-hydrogen) atoms. The Bertz CT molecular complexity index is 1330. The second-order valence-electron chi connectivity index (χ2n) is 7.16. The average molecular weight is 431 g/mol. The summed E-state index contributed by atoms with van der Waals surface area (Å²) in [4.78, 5) is 13.0. The predicted molar refractivity (Wildman–Crippen MR) is 124 cm³/mol. The number of benzene rings is 4. The van der Waals surface area contributed by atoms with Gasteiger partial charge < -0.3 is 5.32 Å². The second kappa shape index (κ2) is 8.62. The molecule has 0 aromatic heterocycles. The number of nitrogens with zero attached hydrogens (tertiary/aromatic N) is 1. The van der Waals surface area contributed by atoms with E-state index in [4.69, 9.17) is 0 Å². The Labute approximate surface area is 182 Å². The molecule has 6 heteroatoms. The van der Waals surface area contributed by atoms with Crippen molar-refractivity contribution in [1.82, 2.24) is 5.32 Å². The zero-order valence-electron chi connectivity index (χ0n) is 17.0. The highest BCUT2D eigenvalue weighted by atomic mass is 32.2. The van der Waals surface area contributed by atoms with Crippen LogP contribution < -0.4 is 9.62 Å². The molecule has 1 amide bonds. The Morgan fingerprint density at radius 1 is 0.839 bits per heavy atom. The molecule has 0 atom stereocenters. The molecule has 1 N–H and O–H groups in total. The van der Waals surface area contributed by atoms with Gasteiger partial charge in [-0.2, -0.15) is 0 Å². The van der Waals surface area contributed by atoms with Gasteiger partial charge in [-0.05, 0) is 46.7 Å². The van der Waals surface area contributed by atoms with Crippen LogP contribution in [0.4, 0.5) is 5.69 Å². The Morgan fingerprint density at radius 3 is 2.32 bits per heavy atom. The van der Waals surface area contributed by atoms with Crippen LogP contribution in [0.1, 0.15) is 15.9 Å². The Hall–Kier alpha value is -3.64. The minimum Gasteiger partial charge on any atom is -0.348 e. The number of nitrogens with one attached hydrogen (secondary N) is 1. The fourth-order valence-electron chi connectivity index (χ4n) is 3.46. The van der Waals surface area contributed by atoms with E-state index in [2.05, 4.69) is 5.32 Å². The highest BCUT2D eigenvalue weighted by molar-refractivity contribution is 7.92. The van der Waals surface area contributed by atoms with Gasteiger partial charge in [-0.1, -0.05) is 66.7 Å². The number of rotatable bonds is 6. The molecule has 5 nitrogen and oxygen atoms in total. The zero-order chi connectivity index (χ0) is 21.8. The molecule has 4 aromatic carbocycles. The molecule has 0 saturated heterocycles. The van der Waals surface area contributed by atoms with E-state index in [-0.39, 0.29) is 10.8 Å². The summed E-state index contributed by atoms with van der Waals surface area (Å²) < 4.78 is 26.9. The maximum Gasteiger partial charge on any atom is 0.264 e. The van der Waals surface area contributed by atoms with E-state index in [0.29, 0.717) is 17.8 Å². The van der Waals surface area contributed by atoms with Gasteiger partial charge in [0.25, 0.3) is 15.9 Å². The maximum absolute atomic E-state index is 12.9. The lowest BCUT2D eigenvalue weighted by Gasteiger charge is -2.20. The monoisotopic (exact) mass is 430 g/mol. The minimum atomic E-state index is -3.71. The first-order valence-corrected chi connectivity index (χ1v) is 11.3. The van der Waals surface area contributed by atoms with Crippen molar-refractivity contribution >= 4 is 32.4 Å². The van der Waals surface area contributed by atoms with Gasteiger partial charge in [0, 0.05) is 19.2 Å². The van der Waals surface area contributed by atoms with Gasteiger partial charge in [-0.15, -0.1) is 0 Å². The van der Waals surface area contributed by atoms with Crippen LogP contribution in [0.3, 0.4) is 0 Å². The second-order valence-corrected chi connectivity index (χ2v) is 9.13. The lowest BCUT2D eigenvalue weighted by Crippen LogP contribution is -2.27. The number of hydrogen-bond donors (Lipinski definition) is 1.